The number of anilines is 2. The minimum absolute atomic E-state index is 0.160. The molecule has 0 aromatic heterocycles. The van der Waals surface area contributed by atoms with Crippen LogP contribution >= 0.6 is 21.5 Å². The molecule has 8 heteroatoms. The number of likely N-dealkylation sites (tertiary alicyclic amines) is 1. The van der Waals surface area contributed by atoms with Crippen LogP contribution in [0.5, 0.6) is 0 Å². The van der Waals surface area contributed by atoms with Crippen LogP contribution < -0.4 is 8.18 Å². The van der Waals surface area contributed by atoms with Crippen molar-refractivity contribution in [1.82, 2.24) is 4.90 Å². The summed E-state index contributed by atoms with van der Waals surface area (Å²) in [5.41, 5.74) is 0.955. The third-order valence-electron chi connectivity index (χ3n) is 4.32. The van der Waals surface area contributed by atoms with E-state index in [1.165, 1.54) is 0 Å². The molecule has 2 saturated heterocycles. The van der Waals surface area contributed by atoms with Gasteiger partial charge in [0, 0.05) is 30.5 Å². The van der Waals surface area contributed by atoms with Gasteiger partial charge in [-0.15, -0.1) is 0 Å². The summed E-state index contributed by atoms with van der Waals surface area (Å²) in [6.07, 6.45) is 0.687. The highest BCUT2D eigenvalue weighted by Gasteiger charge is 2.46. The highest BCUT2D eigenvalue weighted by molar-refractivity contribution is 14.1. The summed E-state index contributed by atoms with van der Waals surface area (Å²) in [6.45, 7) is 7.03. The Morgan fingerprint density at radius 1 is 1.25 bits per heavy atom. The summed E-state index contributed by atoms with van der Waals surface area (Å²) in [5.74, 6) is 0. The average molecular weight is 446 g/mol. The summed E-state index contributed by atoms with van der Waals surface area (Å²) in [7, 11) is 0. The van der Waals surface area contributed by atoms with E-state index in [0.29, 0.717) is 15.5 Å². The summed E-state index contributed by atoms with van der Waals surface area (Å²) in [4.78, 5) is 16.3. The fraction of sp³-hybridized carbons (Fsp3) is 0.562. The number of nitrogens with zero attached hydrogens (tertiary/aromatic N) is 3. The van der Waals surface area contributed by atoms with Crippen LogP contribution in [-0.2, 0) is 7.81 Å². The molecule has 2 bridgehead atoms. The van der Waals surface area contributed by atoms with Gasteiger partial charge >= 0.3 is 6.09 Å². The first-order valence-electron chi connectivity index (χ1n) is 7.89. The number of carbonyl (C=O) groups excluding carboxylic acids is 1. The van der Waals surface area contributed by atoms with Gasteiger partial charge in [0.05, 0.1) is 6.04 Å². The molecule has 2 unspecified atom stereocenters. The Morgan fingerprint density at radius 2 is 1.92 bits per heavy atom. The van der Waals surface area contributed by atoms with Crippen molar-refractivity contribution in [3.05, 3.63) is 29.5 Å². The predicted molar refractivity (Wildman–Crippen MR) is 99.5 cm³/mol. The summed E-state index contributed by atoms with van der Waals surface area (Å²) < 4.78 is 16.7. The van der Waals surface area contributed by atoms with Crippen LogP contribution in [0, 0.1) is 5.21 Å². The lowest BCUT2D eigenvalue weighted by molar-refractivity contribution is 0.0215. The lowest BCUT2D eigenvalue weighted by Crippen LogP contribution is -2.50. The zero-order chi connectivity index (χ0) is 17.5. The van der Waals surface area contributed by atoms with Crippen molar-refractivity contribution in [3.8, 4) is 0 Å². The highest BCUT2D eigenvalue weighted by Crippen LogP contribution is 2.36. The van der Waals surface area contributed by atoms with Gasteiger partial charge in [-0.1, -0.05) is 0 Å². The molecule has 7 nitrogen and oxygen atoms in total. The molecule has 132 valence electrons. The Morgan fingerprint density at radius 3 is 2.42 bits per heavy atom. The molecule has 2 aliphatic heterocycles. The Labute approximate surface area is 152 Å². The normalized spacial score (nSPS) is 22.8. The van der Waals surface area contributed by atoms with Crippen molar-refractivity contribution in [2.75, 3.05) is 21.3 Å². The number of benzene rings is 1. The number of rotatable bonds is 3. The van der Waals surface area contributed by atoms with Gasteiger partial charge in [-0.3, -0.25) is 0 Å². The number of halogens is 1. The second-order valence-electron chi connectivity index (χ2n) is 7.16. The minimum atomic E-state index is -1.73. The molecular weight excluding hydrogens is 425 g/mol. The molecule has 1 amide bonds. The number of carbonyl (C=O) groups is 1. The molecule has 0 spiro atoms. The van der Waals surface area contributed by atoms with Crippen molar-refractivity contribution in [2.45, 2.75) is 44.9 Å². The van der Waals surface area contributed by atoms with Gasteiger partial charge in [0.1, 0.15) is 5.60 Å². The molecule has 2 atom stereocenters. The van der Waals surface area contributed by atoms with Crippen molar-refractivity contribution in [3.63, 3.8) is 0 Å². The van der Waals surface area contributed by atoms with Crippen molar-refractivity contribution >= 4 is 38.9 Å². The molecule has 2 aliphatic rings. The van der Waals surface area contributed by atoms with E-state index in [-0.39, 0.29) is 18.2 Å². The Balaban J connectivity index is 1.65. The Bertz CT molecular complexity index is 631. The Hall–Kier alpha value is -1.42. The van der Waals surface area contributed by atoms with Crippen LogP contribution in [0.3, 0.4) is 0 Å². The fourth-order valence-corrected chi connectivity index (χ4v) is 3.88. The molecule has 1 aromatic rings. The van der Waals surface area contributed by atoms with E-state index < -0.39 is 27.1 Å². The van der Waals surface area contributed by atoms with Crippen LogP contribution in [0.1, 0.15) is 27.2 Å². The van der Waals surface area contributed by atoms with Crippen molar-refractivity contribution < 1.29 is 12.6 Å². The molecule has 2 fully saturated rings. The first kappa shape index (κ1) is 17.4. The van der Waals surface area contributed by atoms with Crippen molar-refractivity contribution in [1.29, 1.82) is 0 Å². The van der Waals surface area contributed by atoms with Gasteiger partial charge < -0.3 is 23.0 Å². The molecule has 2 heterocycles. The average Bonchev–Trinajstić information content (AvgIpc) is 3.13. The van der Waals surface area contributed by atoms with E-state index in [0.717, 1.165) is 18.7 Å². The standard InChI is InChI=1S/C16H21IN3O4/c1-16(2,3)24-15(21)19-10-13-8-14(19)9-18(13)11-4-6-12(7-5-11)20(23)17-22/h4-7,13-14H,8-10H2,1-3H3/q-1. The third kappa shape index (κ3) is 3.49. The summed E-state index contributed by atoms with van der Waals surface area (Å²) in [6, 6.07) is 7.56. The molecule has 3 rings (SSSR count). The molecular formula is C16H21IN3O4-. The number of hydrogen-bond donors (Lipinski definition) is 0. The maximum Gasteiger partial charge on any atom is 0.410 e. The molecule has 24 heavy (non-hydrogen) atoms. The smallest absolute Gasteiger partial charge is 0.410 e. The third-order valence-corrected chi connectivity index (χ3v) is 5.23. The predicted octanol–water partition coefficient (Wildman–Crippen LogP) is 3.42. The summed E-state index contributed by atoms with van der Waals surface area (Å²) in [5, 5.41) is 11.4. The Kier molecular flexibility index (Phi) is 4.69. The maximum atomic E-state index is 12.3. The first-order valence-corrected chi connectivity index (χ1v) is 9.74. The zero-order valence-electron chi connectivity index (χ0n) is 13.9. The lowest BCUT2D eigenvalue weighted by atomic mass is 10.2. The number of fused-ring (bicyclic) bond motifs is 2. The molecule has 0 aliphatic carbocycles. The maximum absolute atomic E-state index is 12.3. The van der Waals surface area contributed by atoms with Crippen molar-refractivity contribution in [2.24, 2.45) is 0 Å². The van der Waals surface area contributed by atoms with Crippen LogP contribution in [0.2, 0.25) is 0 Å². The van der Waals surface area contributed by atoms with E-state index in [4.69, 9.17) is 4.74 Å². The SMILES string of the molecule is CC(C)(C)OC(=O)N1CC2CC1CN2c1ccc(N([O-])I=O)cc1. The van der Waals surface area contributed by atoms with Gasteiger partial charge in [0.2, 0.25) is 0 Å². The van der Waals surface area contributed by atoms with Gasteiger partial charge in [0.25, 0.3) is 21.5 Å². The van der Waals surface area contributed by atoms with Crippen LogP contribution in [0.15, 0.2) is 24.3 Å². The van der Waals surface area contributed by atoms with Gasteiger partial charge in [0.15, 0.2) is 0 Å². The number of piperazine rings is 1. The second kappa shape index (κ2) is 6.47. The number of amides is 1. The molecule has 0 radical (unpaired) electrons. The zero-order valence-corrected chi connectivity index (χ0v) is 16.1. The summed E-state index contributed by atoms with van der Waals surface area (Å²) >= 11 is -1.73. The lowest BCUT2D eigenvalue weighted by Gasteiger charge is -2.36. The quantitative estimate of drug-likeness (QED) is 0.403. The van der Waals surface area contributed by atoms with Crippen LogP contribution in [-0.4, -0.2) is 41.8 Å². The van der Waals surface area contributed by atoms with Gasteiger partial charge in [-0.05, 0) is 51.5 Å². The van der Waals surface area contributed by atoms with Crippen LogP contribution in [0.4, 0.5) is 16.2 Å². The second-order valence-corrected chi connectivity index (χ2v) is 8.43. The monoisotopic (exact) mass is 446 g/mol. The fourth-order valence-electron chi connectivity index (χ4n) is 3.33. The number of ether oxygens (including phenoxy) is 1. The molecule has 0 saturated carbocycles. The first-order chi connectivity index (χ1) is 11.3. The topological polar surface area (TPSA) is 76.2 Å². The van der Waals surface area contributed by atoms with E-state index in [2.05, 4.69) is 4.90 Å². The minimum Gasteiger partial charge on any atom is -0.748 e. The van der Waals surface area contributed by atoms with Gasteiger partial charge in [-0.25, -0.2) is 7.86 Å². The number of hydrogen-bond acceptors (Lipinski definition) is 5. The van der Waals surface area contributed by atoms with Gasteiger partial charge in [-0.2, -0.15) is 0 Å². The van der Waals surface area contributed by atoms with E-state index in [1.54, 1.807) is 12.1 Å². The molecule has 0 N–H and O–H groups in total. The largest absolute Gasteiger partial charge is 0.748 e. The van der Waals surface area contributed by atoms with Crippen LogP contribution in [0.25, 0.3) is 0 Å². The van der Waals surface area contributed by atoms with E-state index in [9.17, 15) is 13.1 Å². The van der Waals surface area contributed by atoms with E-state index >= 15 is 0 Å². The van der Waals surface area contributed by atoms with E-state index in [1.807, 2.05) is 37.8 Å². The highest BCUT2D eigenvalue weighted by atomic mass is 127. The molecule has 1 aromatic carbocycles.